The first-order valence-corrected chi connectivity index (χ1v) is 12.3. The number of carbonyl (C=O) groups excluding carboxylic acids is 1. The van der Waals surface area contributed by atoms with E-state index < -0.39 is 9.84 Å². The van der Waals surface area contributed by atoms with Gasteiger partial charge in [0.2, 0.25) is 0 Å². The second-order valence-electron chi connectivity index (χ2n) is 7.21. The topological polar surface area (TPSA) is 105 Å². The van der Waals surface area contributed by atoms with Crippen molar-refractivity contribution in [1.82, 2.24) is 15.2 Å². The number of anilines is 1. The van der Waals surface area contributed by atoms with Gasteiger partial charge in [-0.25, -0.2) is 13.4 Å². The summed E-state index contributed by atoms with van der Waals surface area (Å²) in [6.45, 7) is 0. The summed E-state index contributed by atoms with van der Waals surface area (Å²) in [5.74, 6) is 0.429. The number of hydrogen-bond donors (Lipinski definition) is 2. The first-order valence-electron chi connectivity index (χ1n) is 9.75. The molecule has 3 aromatic rings. The maximum atomic E-state index is 12.8. The van der Waals surface area contributed by atoms with E-state index in [1.165, 1.54) is 18.1 Å². The number of hydrogen-bond acceptors (Lipinski definition) is 6. The third-order valence-corrected chi connectivity index (χ3v) is 8.35. The van der Waals surface area contributed by atoms with Crippen LogP contribution in [0.2, 0.25) is 0 Å². The minimum atomic E-state index is -3.36. The fourth-order valence-electron chi connectivity index (χ4n) is 3.51. The summed E-state index contributed by atoms with van der Waals surface area (Å²) >= 11 is 1.52. The molecular weight excluding hydrogens is 420 g/mol. The minimum absolute atomic E-state index is 0.270. The molecule has 1 saturated carbocycles. The lowest BCUT2D eigenvalue weighted by atomic mass is 10.1. The summed E-state index contributed by atoms with van der Waals surface area (Å²) in [5.41, 5.74) is 2.04. The number of sulfone groups is 1. The van der Waals surface area contributed by atoms with E-state index in [2.05, 4.69) is 20.5 Å². The highest BCUT2D eigenvalue weighted by Gasteiger charge is 2.30. The van der Waals surface area contributed by atoms with Crippen molar-refractivity contribution >= 4 is 33.2 Å². The van der Waals surface area contributed by atoms with Gasteiger partial charge in [0.15, 0.2) is 15.0 Å². The average Bonchev–Trinajstić information content (AvgIpc) is 3.47. The van der Waals surface area contributed by atoms with E-state index in [-0.39, 0.29) is 16.1 Å². The van der Waals surface area contributed by atoms with E-state index in [9.17, 15) is 13.2 Å². The van der Waals surface area contributed by atoms with Crippen molar-refractivity contribution in [3.63, 3.8) is 0 Å². The van der Waals surface area contributed by atoms with Gasteiger partial charge in [-0.05, 0) is 48.7 Å². The van der Waals surface area contributed by atoms with Crippen molar-refractivity contribution in [2.75, 3.05) is 5.32 Å². The number of carbonyl (C=O) groups is 1. The van der Waals surface area contributed by atoms with Crippen molar-refractivity contribution in [1.29, 1.82) is 0 Å². The summed E-state index contributed by atoms with van der Waals surface area (Å²) in [6.07, 6.45) is 4.78. The van der Waals surface area contributed by atoms with E-state index in [1.54, 1.807) is 36.4 Å². The smallest absolute Gasteiger partial charge is 0.255 e. The SMILES string of the molecule is O=C(Nc1cccc(S(=O)(=O)C2CCCC2)c1)c1ccc(CSc2ncn[nH]2)cc1. The molecule has 0 saturated heterocycles. The van der Waals surface area contributed by atoms with Crippen LogP contribution in [0.5, 0.6) is 0 Å². The summed E-state index contributed by atoms with van der Waals surface area (Å²) in [6, 6.07) is 13.8. The van der Waals surface area contributed by atoms with Crippen LogP contribution >= 0.6 is 11.8 Å². The first kappa shape index (κ1) is 20.6. The monoisotopic (exact) mass is 442 g/mol. The fourth-order valence-corrected chi connectivity index (χ4v) is 6.15. The van der Waals surface area contributed by atoms with Gasteiger partial charge in [-0.1, -0.05) is 42.8 Å². The molecule has 0 atom stereocenters. The molecule has 1 aliphatic rings. The number of benzene rings is 2. The molecule has 2 aromatic carbocycles. The summed E-state index contributed by atoms with van der Waals surface area (Å²) in [7, 11) is -3.36. The molecule has 7 nitrogen and oxygen atoms in total. The normalized spacial score (nSPS) is 14.7. The second kappa shape index (κ2) is 9.01. The van der Waals surface area contributed by atoms with Gasteiger partial charge in [0.25, 0.3) is 5.91 Å². The van der Waals surface area contributed by atoms with Gasteiger partial charge in [-0.3, -0.25) is 9.89 Å². The van der Waals surface area contributed by atoms with Crippen LogP contribution in [0.4, 0.5) is 5.69 Å². The van der Waals surface area contributed by atoms with E-state index in [4.69, 9.17) is 0 Å². The number of nitrogens with one attached hydrogen (secondary N) is 2. The quantitative estimate of drug-likeness (QED) is 0.535. The predicted molar refractivity (Wildman–Crippen MR) is 116 cm³/mol. The van der Waals surface area contributed by atoms with Gasteiger partial charge in [0.05, 0.1) is 10.1 Å². The maximum absolute atomic E-state index is 12.8. The highest BCUT2D eigenvalue weighted by Crippen LogP contribution is 2.30. The molecule has 4 rings (SSSR count). The molecule has 0 unspecified atom stereocenters. The minimum Gasteiger partial charge on any atom is -0.322 e. The average molecular weight is 443 g/mol. The van der Waals surface area contributed by atoms with Crippen molar-refractivity contribution in [3.8, 4) is 0 Å². The van der Waals surface area contributed by atoms with Crippen LogP contribution in [-0.2, 0) is 15.6 Å². The molecule has 2 N–H and O–H groups in total. The Morgan fingerprint density at radius 2 is 1.90 bits per heavy atom. The number of nitrogens with zero attached hydrogens (tertiary/aromatic N) is 2. The van der Waals surface area contributed by atoms with Crippen molar-refractivity contribution in [2.45, 2.75) is 46.7 Å². The number of rotatable bonds is 7. The Morgan fingerprint density at radius 3 is 2.60 bits per heavy atom. The van der Waals surface area contributed by atoms with Gasteiger partial charge in [-0.15, -0.1) is 0 Å². The van der Waals surface area contributed by atoms with Crippen LogP contribution in [0.15, 0.2) is 64.9 Å². The number of aromatic nitrogens is 3. The van der Waals surface area contributed by atoms with E-state index in [0.29, 0.717) is 29.8 Å². The van der Waals surface area contributed by atoms with Crippen LogP contribution in [0, 0.1) is 0 Å². The Morgan fingerprint density at radius 1 is 1.13 bits per heavy atom. The van der Waals surface area contributed by atoms with Gasteiger partial charge in [0.1, 0.15) is 6.33 Å². The van der Waals surface area contributed by atoms with Gasteiger partial charge in [-0.2, -0.15) is 5.10 Å². The lowest BCUT2D eigenvalue weighted by Gasteiger charge is -2.13. The molecule has 0 aliphatic heterocycles. The molecule has 1 amide bonds. The van der Waals surface area contributed by atoms with Crippen LogP contribution in [0.1, 0.15) is 41.6 Å². The molecule has 0 spiro atoms. The Balaban J connectivity index is 1.41. The van der Waals surface area contributed by atoms with Crippen LogP contribution in [0.3, 0.4) is 0 Å². The van der Waals surface area contributed by atoms with Crippen molar-refractivity contribution < 1.29 is 13.2 Å². The second-order valence-corrected chi connectivity index (χ2v) is 10.4. The standard InChI is InChI=1S/C21H22N4O3S2/c26-20(16-10-8-15(9-11-16)13-29-21-22-14-23-25-21)24-17-4-3-7-19(12-17)30(27,28)18-5-1-2-6-18/h3-4,7-12,14,18H,1-2,5-6,13H2,(H,24,26)(H,22,23,25). The van der Waals surface area contributed by atoms with Crippen molar-refractivity contribution in [3.05, 3.63) is 66.0 Å². The van der Waals surface area contributed by atoms with Crippen LogP contribution < -0.4 is 5.32 Å². The molecule has 1 heterocycles. The largest absolute Gasteiger partial charge is 0.322 e. The van der Waals surface area contributed by atoms with Crippen molar-refractivity contribution in [2.24, 2.45) is 0 Å². The van der Waals surface area contributed by atoms with E-state index >= 15 is 0 Å². The third-order valence-electron chi connectivity index (χ3n) is 5.15. The molecule has 0 radical (unpaired) electrons. The number of aromatic amines is 1. The zero-order chi connectivity index (χ0) is 21.0. The van der Waals surface area contributed by atoms with Crippen LogP contribution in [-0.4, -0.2) is 34.8 Å². The lowest BCUT2D eigenvalue weighted by Crippen LogP contribution is -2.18. The number of thioether (sulfide) groups is 1. The zero-order valence-corrected chi connectivity index (χ0v) is 17.9. The number of H-pyrrole nitrogens is 1. The zero-order valence-electron chi connectivity index (χ0n) is 16.2. The Hall–Kier alpha value is -2.65. The summed E-state index contributed by atoms with van der Waals surface area (Å²) in [4.78, 5) is 16.9. The molecule has 1 aromatic heterocycles. The highest BCUT2D eigenvalue weighted by atomic mass is 32.2. The van der Waals surface area contributed by atoms with Gasteiger partial charge >= 0.3 is 0 Å². The van der Waals surface area contributed by atoms with Gasteiger partial charge in [0, 0.05) is 17.0 Å². The molecule has 30 heavy (non-hydrogen) atoms. The molecular formula is C21H22N4O3S2. The predicted octanol–water partition coefficient (Wildman–Crippen LogP) is 4.07. The van der Waals surface area contributed by atoms with Gasteiger partial charge < -0.3 is 5.32 Å². The summed E-state index contributed by atoms with van der Waals surface area (Å²) < 4.78 is 25.6. The molecule has 9 heteroatoms. The van der Waals surface area contributed by atoms with Crippen LogP contribution in [0.25, 0.3) is 0 Å². The Labute approximate surface area is 179 Å². The lowest BCUT2D eigenvalue weighted by molar-refractivity contribution is 0.102. The highest BCUT2D eigenvalue weighted by molar-refractivity contribution is 7.98. The number of amides is 1. The molecule has 0 bridgehead atoms. The molecule has 1 fully saturated rings. The van der Waals surface area contributed by atoms with E-state index in [1.807, 2.05) is 12.1 Å². The maximum Gasteiger partial charge on any atom is 0.255 e. The Kier molecular flexibility index (Phi) is 6.19. The van der Waals surface area contributed by atoms with E-state index in [0.717, 1.165) is 23.6 Å². The fraction of sp³-hybridized carbons (Fsp3) is 0.286. The summed E-state index contributed by atoms with van der Waals surface area (Å²) in [5, 5.41) is 9.83. The third kappa shape index (κ3) is 4.73. The molecule has 156 valence electrons. The Bertz CT molecular complexity index is 1110. The first-order chi connectivity index (χ1) is 14.5. The molecule has 1 aliphatic carbocycles.